The Kier molecular flexibility index (Phi) is 4.88. The minimum absolute atomic E-state index is 0.653. The lowest BCUT2D eigenvalue weighted by Crippen LogP contribution is -2.34. The van der Waals surface area contributed by atoms with Crippen molar-refractivity contribution in [2.45, 2.75) is 25.2 Å². The Bertz CT molecular complexity index is 617. The summed E-state index contributed by atoms with van der Waals surface area (Å²) in [4.78, 5) is 2.58. The van der Waals surface area contributed by atoms with Gasteiger partial charge in [-0.2, -0.15) is 5.26 Å². The van der Waals surface area contributed by atoms with Crippen molar-refractivity contribution in [2.75, 3.05) is 19.6 Å². The molecule has 0 bridgehead atoms. The van der Waals surface area contributed by atoms with Crippen LogP contribution in [0.15, 0.2) is 54.6 Å². The summed E-state index contributed by atoms with van der Waals surface area (Å²) in [6.45, 7) is 3.51. The molecule has 0 aliphatic carbocycles. The van der Waals surface area contributed by atoms with Gasteiger partial charge in [-0.1, -0.05) is 42.5 Å². The molecule has 0 amide bonds. The lowest BCUT2D eigenvalue weighted by Gasteiger charge is -2.32. The van der Waals surface area contributed by atoms with E-state index in [1.54, 1.807) is 0 Å². The molecular formula is C20H22N2. The van der Waals surface area contributed by atoms with Crippen LogP contribution in [0.5, 0.6) is 0 Å². The zero-order valence-corrected chi connectivity index (χ0v) is 12.9. The topological polar surface area (TPSA) is 27.0 Å². The second-order valence-electron chi connectivity index (χ2n) is 6.09. The van der Waals surface area contributed by atoms with E-state index in [0.29, 0.717) is 5.92 Å². The molecule has 1 heterocycles. The van der Waals surface area contributed by atoms with E-state index in [4.69, 9.17) is 5.26 Å². The molecule has 0 radical (unpaired) electrons. The van der Waals surface area contributed by atoms with Crippen molar-refractivity contribution >= 4 is 0 Å². The lowest BCUT2D eigenvalue weighted by atomic mass is 9.89. The predicted molar refractivity (Wildman–Crippen MR) is 89.7 cm³/mol. The van der Waals surface area contributed by atoms with E-state index in [1.165, 1.54) is 37.1 Å². The highest BCUT2D eigenvalue weighted by Gasteiger charge is 2.20. The van der Waals surface area contributed by atoms with Crippen LogP contribution in [0.4, 0.5) is 0 Å². The Morgan fingerprint density at radius 2 is 1.64 bits per heavy atom. The van der Waals surface area contributed by atoms with Crippen molar-refractivity contribution in [3.63, 3.8) is 0 Å². The van der Waals surface area contributed by atoms with Crippen molar-refractivity contribution in [3.8, 4) is 6.07 Å². The summed E-state index contributed by atoms with van der Waals surface area (Å²) in [5.74, 6) is 0.653. The number of nitrogens with zero attached hydrogens (tertiary/aromatic N) is 2. The standard InChI is InChI=1S/C20H22N2/c21-16-18-6-8-19(9-7-18)20-11-14-22(15-12-20)13-10-17-4-2-1-3-5-17/h1-9,20H,10-15H2. The third kappa shape index (κ3) is 3.75. The fraction of sp³-hybridized carbons (Fsp3) is 0.350. The van der Waals surface area contributed by atoms with Crippen LogP contribution < -0.4 is 0 Å². The fourth-order valence-electron chi connectivity index (χ4n) is 3.25. The molecular weight excluding hydrogens is 268 g/mol. The first-order valence-corrected chi connectivity index (χ1v) is 8.11. The van der Waals surface area contributed by atoms with Gasteiger partial charge in [0.2, 0.25) is 0 Å². The molecule has 0 spiro atoms. The third-order valence-electron chi connectivity index (χ3n) is 4.66. The number of rotatable bonds is 4. The van der Waals surface area contributed by atoms with Gasteiger partial charge < -0.3 is 4.90 Å². The smallest absolute Gasteiger partial charge is 0.0991 e. The minimum Gasteiger partial charge on any atom is -0.303 e. The molecule has 1 aliphatic heterocycles. The maximum Gasteiger partial charge on any atom is 0.0991 e. The number of benzene rings is 2. The second kappa shape index (κ2) is 7.24. The van der Waals surface area contributed by atoms with E-state index in [9.17, 15) is 0 Å². The Labute approximate surface area is 133 Å². The minimum atomic E-state index is 0.653. The molecule has 1 fully saturated rings. The molecule has 22 heavy (non-hydrogen) atoms. The van der Waals surface area contributed by atoms with Gasteiger partial charge in [0.1, 0.15) is 0 Å². The van der Waals surface area contributed by atoms with Crippen LogP contribution in [0, 0.1) is 11.3 Å². The average Bonchev–Trinajstić information content (AvgIpc) is 2.61. The van der Waals surface area contributed by atoms with E-state index in [2.05, 4.69) is 53.4 Å². The van der Waals surface area contributed by atoms with Gasteiger partial charge in [-0.25, -0.2) is 0 Å². The summed E-state index contributed by atoms with van der Waals surface area (Å²) < 4.78 is 0. The number of hydrogen-bond donors (Lipinski definition) is 0. The van der Waals surface area contributed by atoms with E-state index in [-0.39, 0.29) is 0 Å². The molecule has 0 unspecified atom stereocenters. The number of hydrogen-bond acceptors (Lipinski definition) is 2. The van der Waals surface area contributed by atoms with E-state index >= 15 is 0 Å². The Balaban J connectivity index is 1.48. The summed E-state index contributed by atoms with van der Waals surface area (Å²) >= 11 is 0. The molecule has 2 nitrogen and oxygen atoms in total. The third-order valence-corrected chi connectivity index (χ3v) is 4.66. The Hall–Kier alpha value is -2.11. The first-order chi connectivity index (χ1) is 10.8. The lowest BCUT2D eigenvalue weighted by molar-refractivity contribution is 0.214. The predicted octanol–water partition coefficient (Wildman–Crippen LogP) is 3.98. The first kappa shape index (κ1) is 14.8. The normalized spacial score (nSPS) is 16.3. The average molecular weight is 290 g/mol. The molecule has 2 heteroatoms. The van der Waals surface area contributed by atoms with Crippen LogP contribution in [0.3, 0.4) is 0 Å². The van der Waals surface area contributed by atoms with Gasteiger partial charge in [-0.3, -0.25) is 0 Å². The van der Waals surface area contributed by atoms with E-state index < -0.39 is 0 Å². The molecule has 2 aromatic rings. The van der Waals surface area contributed by atoms with E-state index in [0.717, 1.165) is 18.5 Å². The number of nitriles is 1. The zero-order valence-electron chi connectivity index (χ0n) is 12.9. The summed E-state index contributed by atoms with van der Waals surface area (Å²) in [7, 11) is 0. The highest BCUT2D eigenvalue weighted by atomic mass is 15.1. The van der Waals surface area contributed by atoms with E-state index in [1.807, 2.05) is 12.1 Å². The molecule has 0 saturated carbocycles. The number of piperidine rings is 1. The van der Waals surface area contributed by atoms with Crippen molar-refractivity contribution in [1.82, 2.24) is 4.90 Å². The van der Waals surface area contributed by atoms with Crippen molar-refractivity contribution in [3.05, 3.63) is 71.3 Å². The summed E-state index contributed by atoms with van der Waals surface area (Å²) in [6, 6.07) is 21.1. The highest BCUT2D eigenvalue weighted by Crippen LogP contribution is 2.28. The Morgan fingerprint density at radius 3 is 2.27 bits per heavy atom. The molecule has 0 N–H and O–H groups in total. The SMILES string of the molecule is N#Cc1ccc(C2CCN(CCc3ccccc3)CC2)cc1. The summed E-state index contributed by atoms with van der Waals surface area (Å²) in [5, 5.41) is 8.87. The van der Waals surface area contributed by atoms with Crippen molar-refractivity contribution in [1.29, 1.82) is 5.26 Å². The fourth-order valence-corrected chi connectivity index (χ4v) is 3.25. The van der Waals surface area contributed by atoms with Gasteiger partial charge in [0.15, 0.2) is 0 Å². The molecule has 1 saturated heterocycles. The maximum atomic E-state index is 8.87. The molecule has 112 valence electrons. The van der Waals surface area contributed by atoms with Crippen molar-refractivity contribution < 1.29 is 0 Å². The molecule has 0 atom stereocenters. The molecule has 2 aromatic carbocycles. The largest absolute Gasteiger partial charge is 0.303 e. The monoisotopic (exact) mass is 290 g/mol. The van der Waals surface area contributed by atoms with Crippen LogP contribution in [-0.4, -0.2) is 24.5 Å². The molecule has 0 aromatic heterocycles. The van der Waals surface area contributed by atoms with Crippen LogP contribution >= 0.6 is 0 Å². The molecule has 1 aliphatic rings. The van der Waals surface area contributed by atoms with Gasteiger partial charge >= 0.3 is 0 Å². The van der Waals surface area contributed by atoms with Gasteiger partial charge in [0.25, 0.3) is 0 Å². The van der Waals surface area contributed by atoms with Gasteiger partial charge in [0, 0.05) is 6.54 Å². The van der Waals surface area contributed by atoms with Gasteiger partial charge in [-0.15, -0.1) is 0 Å². The number of likely N-dealkylation sites (tertiary alicyclic amines) is 1. The summed E-state index contributed by atoms with van der Waals surface area (Å²) in [5.41, 5.74) is 3.57. The quantitative estimate of drug-likeness (QED) is 0.851. The maximum absolute atomic E-state index is 8.87. The van der Waals surface area contributed by atoms with Crippen molar-refractivity contribution in [2.24, 2.45) is 0 Å². The zero-order chi connectivity index (χ0) is 15.2. The highest BCUT2D eigenvalue weighted by molar-refractivity contribution is 5.33. The van der Waals surface area contributed by atoms with Crippen LogP contribution in [0.25, 0.3) is 0 Å². The van der Waals surface area contributed by atoms with Crippen LogP contribution in [-0.2, 0) is 6.42 Å². The van der Waals surface area contributed by atoms with Crippen LogP contribution in [0.2, 0.25) is 0 Å². The van der Waals surface area contributed by atoms with Crippen LogP contribution in [0.1, 0.15) is 35.4 Å². The Morgan fingerprint density at radius 1 is 0.955 bits per heavy atom. The molecule has 3 rings (SSSR count). The van der Waals surface area contributed by atoms with Gasteiger partial charge in [-0.05, 0) is 61.5 Å². The second-order valence-corrected chi connectivity index (χ2v) is 6.09. The summed E-state index contributed by atoms with van der Waals surface area (Å²) in [6.07, 6.45) is 3.59. The van der Waals surface area contributed by atoms with Gasteiger partial charge in [0.05, 0.1) is 11.6 Å². The first-order valence-electron chi connectivity index (χ1n) is 8.11.